The van der Waals surface area contributed by atoms with Gasteiger partial charge in [-0.2, -0.15) is 0 Å². The fourth-order valence-corrected chi connectivity index (χ4v) is 4.45. The van der Waals surface area contributed by atoms with Crippen molar-refractivity contribution in [2.75, 3.05) is 14.2 Å². The normalized spacial score (nSPS) is 10.8. The monoisotopic (exact) mass is 410 g/mol. The van der Waals surface area contributed by atoms with Crippen LogP contribution in [0.25, 0.3) is 16.3 Å². The van der Waals surface area contributed by atoms with Crippen LogP contribution >= 0.6 is 23.1 Å². The Morgan fingerprint density at radius 2 is 1.86 bits per heavy atom. The molecule has 0 aliphatic carbocycles. The van der Waals surface area contributed by atoms with Crippen molar-refractivity contribution in [3.63, 3.8) is 0 Å². The van der Waals surface area contributed by atoms with Crippen molar-refractivity contribution in [3.8, 4) is 27.8 Å². The molecule has 0 saturated carbocycles. The molecule has 142 valence electrons. The molecule has 0 spiro atoms. The van der Waals surface area contributed by atoms with E-state index in [1.54, 1.807) is 43.6 Å². The van der Waals surface area contributed by atoms with Crippen LogP contribution < -0.4 is 9.47 Å². The molecule has 28 heavy (non-hydrogen) atoms. The molecule has 2 heterocycles. The summed E-state index contributed by atoms with van der Waals surface area (Å²) in [6.45, 7) is 0. The van der Waals surface area contributed by atoms with Crippen molar-refractivity contribution in [3.05, 3.63) is 65.9 Å². The summed E-state index contributed by atoms with van der Waals surface area (Å²) in [5.74, 6) is 2.12. The second kappa shape index (κ2) is 8.45. The fourth-order valence-electron chi connectivity index (χ4n) is 2.70. The van der Waals surface area contributed by atoms with Gasteiger partial charge in [-0.25, -0.2) is 4.98 Å². The molecule has 0 unspecified atom stereocenters. The average Bonchev–Trinajstić information content (AvgIpc) is 3.42. The van der Waals surface area contributed by atoms with Crippen molar-refractivity contribution in [2.24, 2.45) is 0 Å². The van der Waals surface area contributed by atoms with Gasteiger partial charge >= 0.3 is 0 Å². The molecule has 2 aromatic heterocycles. The fraction of sp³-hybridized carbons (Fsp3) is 0.150. The second-order valence-electron chi connectivity index (χ2n) is 5.82. The predicted octanol–water partition coefficient (Wildman–Crippen LogP) is 4.70. The summed E-state index contributed by atoms with van der Waals surface area (Å²) < 4.78 is 12.7. The van der Waals surface area contributed by atoms with Crippen LogP contribution in [-0.2, 0) is 5.75 Å². The molecule has 0 fully saturated rings. The molecule has 2 aromatic carbocycles. The number of benzene rings is 2. The van der Waals surface area contributed by atoms with Crippen molar-refractivity contribution < 1.29 is 9.47 Å². The molecule has 6 nitrogen and oxygen atoms in total. The summed E-state index contributed by atoms with van der Waals surface area (Å²) in [5, 5.41) is 12.1. The molecule has 8 heteroatoms. The number of hydrogen-bond donors (Lipinski definition) is 0. The summed E-state index contributed by atoms with van der Waals surface area (Å²) in [6, 6.07) is 15.9. The highest BCUT2D eigenvalue weighted by molar-refractivity contribution is 7.98. The van der Waals surface area contributed by atoms with Crippen LogP contribution in [0.1, 0.15) is 5.69 Å². The van der Waals surface area contributed by atoms with Crippen molar-refractivity contribution in [1.82, 2.24) is 19.7 Å². The Hall–Kier alpha value is -2.84. The van der Waals surface area contributed by atoms with Gasteiger partial charge in [0.05, 0.1) is 19.9 Å². The maximum absolute atomic E-state index is 5.39. The minimum absolute atomic E-state index is 0.696. The van der Waals surface area contributed by atoms with Gasteiger partial charge in [0.2, 0.25) is 0 Å². The van der Waals surface area contributed by atoms with Crippen LogP contribution in [0.2, 0.25) is 0 Å². The molecule has 0 aliphatic heterocycles. The van der Waals surface area contributed by atoms with Gasteiger partial charge < -0.3 is 9.47 Å². The maximum atomic E-state index is 5.39. The number of ether oxygens (including phenoxy) is 2. The number of hydrogen-bond acceptors (Lipinski definition) is 7. The Morgan fingerprint density at radius 3 is 2.64 bits per heavy atom. The molecule has 0 amide bonds. The molecule has 0 atom stereocenters. The molecular weight excluding hydrogens is 392 g/mol. The van der Waals surface area contributed by atoms with E-state index in [0.717, 1.165) is 32.9 Å². The Balaban J connectivity index is 1.49. The van der Waals surface area contributed by atoms with E-state index in [4.69, 9.17) is 14.5 Å². The lowest BCUT2D eigenvalue weighted by Crippen LogP contribution is -1.95. The smallest absolute Gasteiger partial charge is 0.195 e. The number of para-hydroxylation sites is 1. The Kier molecular flexibility index (Phi) is 5.59. The van der Waals surface area contributed by atoms with Gasteiger partial charge in [0, 0.05) is 22.4 Å². The molecule has 0 N–H and O–H groups in total. The number of nitrogens with zero attached hydrogens (tertiary/aromatic N) is 4. The van der Waals surface area contributed by atoms with E-state index in [1.165, 1.54) is 0 Å². The van der Waals surface area contributed by atoms with Crippen LogP contribution in [0, 0.1) is 0 Å². The molecule has 4 aromatic rings. The van der Waals surface area contributed by atoms with Crippen LogP contribution in [0.15, 0.2) is 65.4 Å². The van der Waals surface area contributed by atoms with Crippen molar-refractivity contribution in [1.29, 1.82) is 0 Å². The van der Waals surface area contributed by atoms with Gasteiger partial charge in [0.1, 0.15) is 11.3 Å². The minimum atomic E-state index is 0.696. The van der Waals surface area contributed by atoms with E-state index >= 15 is 0 Å². The summed E-state index contributed by atoms with van der Waals surface area (Å²) in [7, 11) is 3.26. The van der Waals surface area contributed by atoms with Crippen molar-refractivity contribution >= 4 is 23.1 Å². The minimum Gasteiger partial charge on any atom is -0.493 e. The van der Waals surface area contributed by atoms with E-state index < -0.39 is 0 Å². The highest BCUT2D eigenvalue weighted by atomic mass is 32.2. The molecule has 0 saturated heterocycles. The first-order valence-corrected chi connectivity index (χ1v) is 10.4. The van der Waals surface area contributed by atoms with Crippen LogP contribution in [0.3, 0.4) is 0 Å². The Labute approximate surface area is 171 Å². The number of thioether (sulfide) groups is 1. The van der Waals surface area contributed by atoms with Crippen LogP contribution in [0.4, 0.5) is 0 Å². The SMILES string of the molecule is COc1ccc(-c2nc(CSc3nncn3-c3ccccc3)cs2)cc1OC. The van der Waals surface area contributed by atoms with Gasteiger partial charge in [-0.15, -0.1) is 21.5 Å². The van der Waals surface area contributed by atoms with Gasteiger partial charge in [0.15, 0.2) is 16.7 Å². The molecule has 0 bridgehead atoms. The molecule has 0 radical (unpaired) electrons. The van der Waals surface area contributed by atoms with Crippen LogP contribution in [-0.4, -0.2) is 34.0 Å². The quantitative estimate of drug-likeness (QED) is 0.412. The second-order valence-corrected chi connectivity index (χ2v) is 7.62. The number of thiazole rings is 1. The first-order valence-electron chi connectivity index (χ1n) is 8.53. The summed E-state index contributed by atoms with van der Waals surface area (Å²) in [5.41, 5.74) is 3.05. The highest BCUT2D eigenvalue weighted by Gasteiger charge is 2.12. The van der Waals surface area contributed by atoms with Gasteiger partial charge in [-0.05, 0) is 30.3 Å². The predicted molar refractivity (Wildman–Crippen MR) is 112 cm³/mol. The van der Waals surface area contributed by atoms with Gasteiger partial charge in [-0.1, -0.05) is 30.0 Å². The summed E-state index contributed by atoms with van der Waals surface area (Å²) >= 11 is 3.22. The van der Waals surface area contributed by atoms with E-state index in [-0.39, 0.29) is 0 Å². The Morgan fingerprint density at radius 1 is 1.04 bits per heavy atom. The zero-order chi connectivity index (χ0) is 19.3. The molecular formula is C20H18N4O2S2. The van der Waals surface area contributed by atoms with E-state index in [2.05, 4.69) is 15.6 Å². The summed E-state index contributed by atoms with van der Waals surface area (Å²) in [6.07, 6.45) is 1.73. The topological polar surface area (TPSA) is 62.1 Å². The van der Waals surface area contributed by atoms with Gasteiger partial charge in [-0.3, -0.25) is 4.57 Å². The van der Waals surface area contributed by atoms with Crippen molar-refractivity contribution in [2.45, 2.75) is 10.9 Å². The Bertz CT molecular complexity index is 1060. The maximum Gasteiger partial charge on any atom is 0.195 e. The van der Waals surface area contributed by atoms with E-state index in [9.17, 15) is 0 Å². The number of rotatable bonds is 7. The largest absolute Gasteiger partial charge is 0.493 e. The number of methoxy groups -OCH3 is 2. The zero-order valence-electron chi connectivity index (χ0n) is 15.4. The van der Waals surface area contributed by atoms with Gasteiger partial charge in [0.25, 0.3) is 0 Å². The first-order chi connectivity index (χ1) is 13.8. The molecule has 4 rings (SSSR count). The lowest BCUT2D eigenvalue weighted by molar-refractivity contribution is 0.355. The van der Waals surface area contributed by atoms with E-state index in [1.807, 2.05) is 53.1 Å². The number of aromatic nitrogens is 4. The highest BCUT2D eigenvalue weighted by Crippen LogP contribution is 2.34. The standard InChI is InChI=1S/C20H18N4O2S2/c1-25-17-9-8-14(10-18(17)26-2)19-22-15(11-27-19)12-28-20-23-21-13-24(20)16-6-4-3-5-7-16/h3-11,13H,12H2,1-2H3. The third kappa shape index (κ3) is 3.88. The third-order valence-electron chi connectivity index (χ3n) is 4.08. The first kappa shape index (κ1) is 18.5. The summed E-state index contributed by atoms with van der Waals surface area (Å²) in [4.78, 5) is 4.76. The third-order valence-corrected chi connectivity index (χ3v) is 6.00. The zero-order valence-corrected chi connectivity index (χ0v) is 17.0. The molecule has 0 aliphatic rings. The van der Waals surface area contributed by atoms with Crippen LogP contribution in [0.5, 0.6) is 11.5 Å². The van der Waals surface area contributed by atoms with E-state index in [0.29, 0.717) is 11.5 Å². The lowest BCUT2D eigenvalue weighted by atomic mass is 10.2. The lowest BCUT2D eigenvalue weighted by Gasteiger charge is -2.08. The average molecular weight is 411 g/mol.